The van der Waals surface area contributed by atoms with E-state index in [1.165, 1.54) is 17.7 Å². The van der Waals surface area contributed by atoms with Crippen LogP contribution in [0.4, 0.5) is 4.79 Å². The fraction of sp³-hybridized carbons (Fsp3) is 0.250. The van der Waals surface area contributed by atoms with Crippen LogP contribution in [-0.4, -0.2) is 43.7 Å². The van der Waals surface area contributed by atoms with Crippen LogP contribution >= 0.6 is 0 Å². The highest BCUT2D eigenvalue weighted by Crippen LogP contribution is 2.35. The number of carbonyl (C=O) groups excluding carboxylic acids is 1. The van der Waals surface area contributed by atoms with Crippen LogP contribution in [0.25, 0.3) is 11.0 Å². The van der Waals surface area contributed by atoms with Gasteiger partial charge in [-0.05, 0) is 60.7 Å². The summed E-state index contributed by atoms with van der Waals surface area (Å²) in [6.45, 7) is 0.569. The minimum absolute atomic E-state index is 0.0983. The Balaban J connectivity index is 1.59. The molecular weight excluding hydrogens is 470 g/mol. The molecule has 2 heterocycles. The number of pyridine rings is 1. The van der Waals surface area contributed by atoms with Crippen LogP contribution in [0.15, 0.2) is 60.8 Å². The van der Waals surface area contributed by atoms with Gasteiger partial charge in [-0.2, -0.15) is 5.26 Å². The van der Waals surface area contributed by atoms with Gasteiger partial charge in [0.2, 0.25) is 0 Å². The van der Waals surface area contributed by atoms with Crippen molar-refractivity contribution >= 4 is 23.1 Å². The number of carboxylic acid groups (broad SMARTS) is 1. The van der Waals surface area contributed by atoms with Crippen LogP contribution in [0.1, 0.15) is 57.5 Å². The molecule has 4 aromatic rings. The van der Waals surface area contributed by atoms with E-state index in [0.717, 1.165) is 36.1 Å². The molecule has 2 aromatic carbocycles. The van der Waals surface area contributed by atoms with Gasteiger partial charge in [-0.1, -0.05) is 24.3 Å². The molecule has 0 fully saturated rings. The summed E-state index contributed by atoms with van der Waals surface area (Å²) in [6.07, 6.45) is 3.39. The Bertz CT molecular complexity index is 1540. The minimum Gasteiger partial charge on any atom is -0.465 e. The predicted molar refractivity (Wildman–Crippen MR) is 135 cm³/mol. The quantitative estimate of drug-likeness (QED) is 0.382. The van der Waals surface area contributed by atoms with Crippen molar-refractivity contribution in [1.82, 2.24) is 19.4 Å². The van der Waals surface area contributed by atoms with Crippen LogP contribution in [-0.2, 0) is 24.2 Å². The number of nitriles is 1. The molecule has 1 aliphatic carbocycles. The van der Waals surface area contributed by atoms with Crippen LogP contribution in [0.3, 0.4) is 0 Å². The third-order valence-corrected chi connectivity index (χ3v) is 6.80. The molecular formula is C28H25N5O4. The largest absolute Gasteiger partial charge is 0.465 e. The van der Waals surface area contributed by atoms with E-state index in [4.69, 9.17) is 4.74 Å². The highest BCUT2D eigenvalue weighted by molar-refractivity contribution is 5.90. The van der Waals surface area contributed by atoms with Crippen molar-refractivity contribution in [3.63, 3.8) is 0 Å². The average Bonchev–Trinajstić information content (AvgIpc) is 3.30. The molecule has 0 saturated heterocycles. The van der Waals surface area contributed by atoms with Gasteiger partial charge in [0.25, 0.3) is 0 Å². The number of aromatic nitrogens is 3. The molecule has 1 unspecified atom stereocenters. The molecule has 37 heavy (non-hydrogen) atoms. The maximum Gasteiger partial charge on any atom is 0.417 e. The van der Waals surface area contributed by atoms with E-state index >= 15 is 0 Å². The zero-order chi connectivity index (χ0) is 25.9. The number of imidazole rings is 1. The van der Waals surface area contributed by atoms with Crippen molar-refractivity contribution in [2.75, 3.05) is 7.11 Å². The molecule has 0 saturated carbocycles. The second-order valence-corrected chi connectivity index (χ2v) is 8.97. The van der Waals surface area contributed by atoms with Crippen molar-refractivity contribution in [3.8, 4) is 6.07 Å². The lowest BCUT2D eigenvalue weighted by Gasteiger charge is -2.35. The molecule has 0 bridgehead atoms. The Hall–Kier alpha value is -4.55. The number of hydrogen-bond acceptors (Lipinski definition) is 7. The van der Waals surface area contributed by atoms with Crippen LogP contribution in [0.2, 0.25) is 0 Å². The van der Waals surface area contributed by atoms with Crippen LogP contribution < -0.4 is 0 Å². The molecule has 5 rings (SSSR count). The fourth-order valence-electron chi connectivity index (χ4n) is 5.08. The fourth-order valence-corrected chi connectivity index (χ4v) is 5.08. The molecule has 0 radical (unpaired) electrons. The Morgan fingerprint density at radius 3 is 2.81 bits per heavy atom. The number of carbonyl (C=O) groups is 2. The standard InChI is InChI=1S/C28H25N5O4/c1-37-27(34)19-11-12-20(21(14-19)15-29)16-32(24-10-4-6-18-7-5-13-30-26(18)24)17-25-31-22-8-2-3-9-23(22)33(25)28(35)36/h2-3,5,7-9,11-14,24H,4,6,10,16-17H2,1H3,(H,35,36). The van der Waals surface area contributed by atoms with E-state index in [0.29, 0.717) is 34.5 Å². The summed E-state index contributed by atoms with van der Waals surface area (Å²) in [6, 6.07) is 18.1. The van der Waals surface area contributed by atoms with Gasteiger partial charge >= 0.3 is 12.1 Å². The van der Waals surface area contributed by atoms with Crippen molar-refractivity contribution in [1.29, 1.82) is 5.26 Å². The number of ether oxygens (including phenoxy) is 1. The van der Waals surface area contributed by atoms with Gasteiger partial charge in [-0.15, -0.1) is 0 Å². The van der Waals surface area contributed by atoms with Crippen molar-refractivity contribution < 1.29 is 19.4 Å². The number of benzene rings is 2. The summed E-state index contributed by atoms with van der Waals surface area (Å²) in [5.74, 6) is -0.123. The van der Waals surface area contributed by atoms with Crippen molar-refractivity contribution in [2.45, 2.75) is 38.4 Å². The normalized spacial score (nSPS) is 14.8. The monoisotopic (exact) mass is 495 g/mol. The number of aryl methyl sites for hydroxylation is 1. The first-order valence-electron chi connectivity index (χ1n) is 12.0. The highest BCUT2D eigenvalue weighted by Gasteiger charge is 2.30. The summed E-state index contributed by atoms with van der Waals surface area (Å²) in [4.78, 5) is 35.7. The van der Waals surface area contributed by atoms with Gasteiger partial charge in [0.15, 0.2) is 0 Å². The summed E-state index contributed by atoms with van der Waals surface area (Å²) in [7, 11) is 1.30. The molecule has 0 spiro atoms. The SMILES string of the molecule is COC(=O)c1ccc(CN(Cc2nc3ccccc3n2C(=O)O)C2CCCc3cccnc32)c(C#N)c1. The third-order valence-electron chi connectivity index (χ3n) is 6.80. The summed E-state index contributed by atoms with van der Waals surface area (Å²) in [5.41, 5.74) is 4.61. The third kappa shape index (κ3) is 4.67. The van der Waals surface area contributed by atoms with E-state index in [2.05, 4.69) is 27.0 Å². The molecule has 9 nitrogen and oxygen atoms in total. The molecule has 9 heteroatoms. The number of methoxy groups -OCH3 is 1. The summed E-state index contributed by atoms with van der Waals surface area (Å²) < 4.78 is 6.02. The number of fused-ring (bicyclic) bond motifs is 2. The molecule has 1 atom stereocenters. The number of hydrogen-bond donors (Lipinski definition) is 1. The maximum absolute atomic E-state index is 12.2. The molecule has 186 valence electrons. The molecule has 1 aliphatic rings. The average molecular weight is 496 g/mol. The zero-order valence-electron chi connectivity index (χ0n) is 20.3. The lowest BCUT2D eigenvalue weighted by Crippen LogP contribution is -2.33. The van der Waals surface area contributed by atoms with Gasteiger partial charge in [0.1, 0.15) is 5.82 Å². The van der Waals surface area contributed by atoms with Gasteiger partial charge in [0.05, 0.1) is 53.6 Å². The lowest BCUT2D eigenvalue weighted by molar-refractivity contribution is 0.0600. The van der Waals surface area contributed by atoms with E-state index in [-0.39, 0.29) is 12.6 Å². The minimum atomic E-state index is -1.11. The topological polar surface area (TPSA) is 121 Å². The number of nitrogens with zero attached hydrogens (tertiary/aromatic N) is 5. The van der Waals surface area contributed by atoms with E-state index < -0.39 is 12.1 Å². The molecule has 1 N–H and O–H groups in total. The van der Waals surface area contributed by atoms with Gasteiger partial charge < -0.3 is 9.84 Å². The van der Waals surface area contributed by atoms with Gasteiger partial charge in [-0.3, -0.25) is 9.88 Å². The van der Waals surface area contributed by atoms with E-state index in [1.54, 1.807) is 36.5 Å². The molecule has 0 amide bonds. The van der Waals surface area contributed by atoms with Crippen LogP contribution in [0.5, 0.6) is 0 Å². The Morgan fingerprint density at radius 1 is 1.19 bits per heavy atom. The summed E-state index contributed by atoms with van der Waals surface area (Å²) >= 11 is 0. The Morgan fingerprint density at radius 2 is 2.03 bits per heavy atom. The van der Waals surface area contributed by atoms with Gasteiger partial charge in [-0.25, -0.2) is 19.1 Å². The predicted octanol–water partition coefficient (Wildman–Crippen LogP) is 4.70. The maximum atomic E-state index is 12.2. The number of rotatable bonds is 6. The molecule has 2 aromatic heterocycles. The first-order valence-corrected chi connectivity index (χ1v) is 12.0. The second kappa shape index (κ2) is 10.2. The highest BCUT2D eigenvalue weighted by atomic mass is 16.5. The van der Waals surface area contributed by atoms with Crippen molar-refractivity contribution in [2.24, 2.45) is 0 Å². The first kappa shape index (κ1) is 24.2. The Kier molecular flexibility index (Phi) is 6.66. The smallest absolute Gasteiger partial charge is 0.417 e. The van der Waals surface area contributed by atoms with Crippen LogP contribution in [0, 0.1) is 11.3 Å². The van der Waals surface area contributed by atoms with Gasteiger partial charge in [0, 0.05) is 12.7 Å². The Labute approximate surface area is 213 Å². The molecule has 0 aliphatic heterocycles. The van der Waals surface area contributed by atoms with E-state index in [9.17, 15) is 20.0 Å². The second-order valence-electron chi connectivity index (χ2n) is 8.97. The van der Waals surface area contributed by atoms with E-state index in [1.807, 2.05) is 12.1 Å². The summed E-state index contributed by atoms with van der Waals surface area (Å²) in [5, 5.41) is 19.9. The number of para-hydroxylation sites is 2. The number of esters is 1. The lowest BCUT2D eigenvalue weighted by atomic mass is 9.90. The zero-order valence-corrected chi connectivity index (χ0v) is 20.3. The van der Waals surface area contributed by atoms with Crippen molar-refractivity contribution in [3.05, 3.63) is 94.6 Å². The first-order chi connectivity index (χ1) is 18.0.